The maximum absolute atomic E-state index is 12.0. The van der Waals surface area contributed by atoms with Crippen LogP contribution < -0.4 is 5.32 Å². The molecule has 0 saturated carbocycles. The van der Waals surface area contributed by atoms with Crippen molar-refractivity contribution in [2.24, 2.45) is 0 Å². The lowest BCUT2D eigenvalue weighted by molar-refractivity contribution is -0.143. The molecule has 0 spiro atoms. The summed E-state index contributed by atoms with van der Waals surface area (Å²) in [5, 5.41) is 3.00. The summed E-state index contributed by atoms with van der Waals surface area (Å²) < 4.78 is 0. The molecule has 102 valence electrons. The van der Waals surface area contributed by atoms with Gasteiger partial charge in [0.1, 0.15) is 0 Å². The molecule has 2 amide bonds. The smallest absolute Gasteiger partial charge is 0.313 e. The van der Waals surface area contributed by atoms with Crippen molar-refractivity contribution >= 4 is 29.1 Å². The van der Waals surface area contributed by atoms with Crippen molar-refractivity contribution in [2.75, 3.05) is 18.4 Å². The second-order valence-electron chi connectivity index (χ2n) is 4.64. The summed E-state index contributed by atoms with van der Waals surface area (Å²) in [5.41, 5.74) is 0.470. The molecule has 4 nitrogen and oxygen atoms in total. The first-order valence-corrected chi connectivity index (χ1v) is 6.91. The van der Waals surface area contributed by atoms with Crippen LogP contribution in [0.25, 0.3) is 0 Å². The third kappa shape index (κ3) is 3.70. The number of likely N-dealkylation sites (tertiary alicyclic amines) is 1. The van der Waals surface area contributed by atoms with E-state index in [9.17, 15) is 9.59 Å². The molecule has 0 aliphatic carbocycles. The fourth-order valence-corrected chi connectivity index (χ4v) is 2.34. The van der Waals surface area contributed by atoms with Crippen molar-refractivity contribution in [1.29, 1.82) is 0 Å². The number of carbonyl (C=O) groups is 2. The zero-order valence-electron chi connectivity index (χ0n) is 10.7. The van der Waals surface area contributed by atoms with Gasteiger partial charge in [0.15, 0.2) is 0 Å². The first-order chi connectivity index (χ1) is 9.18. The summed E-state index contributed by atoms with van der Waals surface area (Å²) >= 11 is 5.95. The molecule has 1 aliphatic heterocycles. The molecule has 1 aromatic carbocycles. The van der Waals surface area contributed by atoms with Gasteiger partial charge in [0.25, 0.3) is 0 Å². The first kappa shape index (κ1) is 13.9. The van der Waals surface area contributed by atoms with Gasteiger partial charge in [0, 0.05) is 13.1 Å². The van der Waals surface area contributed by atoms with Crippen LogP contribution in [0.15, 0.2) is 24.3 Å². The number of benzene rings is 1. The number of hydrogen-bond donors (Lipinski definition) is 1. The molecule has 0 unspecified atom stereocenters. The van der Waals surface area contributed by atoms with Crippen LogP contribution in [0.5, 0.6) is 0 Å². The lowest BCUT2D eigenvalue weighted by Gasteiger charge is -2.19. The number of rotatable bonds is 1. The predicted octanol–water partition coefficient (Wildman–Crippen LogP) is 2.68. The van der Waals surface area contributed by atoms with Crippen molar-refractivity contribution in [1.82, 2.24) is 4.90 Å². The van der Waals surface area contributed by atoms with E-state index in [1.165, 1.54) is 0 Å². The molecule has 1 N–H and O–H groups in total. The highest BCUT2D eigenvalue weighted by atomic mass is 35.5. The molecule has 1 aliphatic rings. The third-order valence-corrected chi connectivity index (χ3v) is 3.54. The van der Waals surface area contributed by atoms with Crippen molar-refractivity contribution in [3.63, 3.8) is 0 Å². The number of hydrogen-bond acceptors (Lipinski definition) is 2. The average Bonchev–Trinajstić information content (AvgIpc) is 2.69. The van der Waals surface area contributed by atoms with Gasteiger partial charge in [-0.15, -0.1) is 0 Å². The highest BCUT2D eigenvalue weighted by molar-refractivity contribution is 6.41. The molecule has 1 heterocycles. The normalized spacial score (nSPS) is 15.7. The van der Waals surface area contributed by atoms with Crippen LogP contribution in [0.1, 0.15) is 25.7 Å². The van der Waals surface area contributed by atoms with Crippen LogP contribution in [0.3, 0.4) is 0 Å². The molecular weight excluding hydrogens is 264 g/mol. The van der Waals surface area contributed by atoms with Crippen LogP contribution in [-0.2, 0) is 9.59 Å². The minimum atomic E-state index is -0.616. The third-order valence-electron chi connectivity index (χ3n) is 3.21. The Bertz CT molecular complexity index is 468. The molecule has 1 fully saturated rings. The second kappa shape index (κ2) is 6.57. The van der Waals surface area contributed by atoms with Crippen LogP contribution in [0, 0.1) is 0 Å². The lowest BCUT2D eigenvalue weighted by Crippen LogP contribution is -2.40. The molecule has 19 heavy (non-hydrogen) atoms. The number of carbonyl (C=O) groups excluding carboxylic acids is 2. The van der Waals surface area contributed by atoms with Crippen molar-refractivity contribution < 1.29 is 9.59 Å². The highest BCUT2D eigenvalue weighted by Crippen LogP contribution is 2.20. The fraction of sp³-hybridized carbons (Fsp3) is 0.429. The molecular formula is C14H17ClN2O2. The molecule has 1 aromatic rings. The second-order valence-corrected chi connectivity index (χ2v) is 5.05. The zero-order chi connectivity index (χ0) is 13.7. The van der Waals surface area contributed by atoms with E-state index >= 15 is 0 Å². The number of para-hydroxylation sites is 1. The Morgan fingerprint density at radius 1 is 1.05 bits per heavy atom. The van der Waals surface area contributed by atoms with E-state index < -0.39 is 11.8 Å². The van der Waals surface area contributed by atoms with Gasteiger partial charge in [0.05, 0.1) is 10.7 Å². The molecule has 0 radical (unpaired) electrons. The summed E-state index contributed by atoms with van der Waals surface area (Å²) in [5.74, 6) is -1.09. The highest BCUT2D eigenvalue weighted by Gasteiger charge is 2.22. The van der Waals surface area contributed by atoms with E-state index in [0.717, 1.165) is 25.7 Å². The van der Waals surface area contributed by atoms with Crippen LogP contribution in [0.4, 0.5) is 5.69 Å². The van der Waals surface area contributed by atoms with Crippen molar-refractivity contribution in [2.45, 2.75) is 25.7 Å². The first-order valence-electron chi connectivity index (χ1n) is 6.53. The maximum Gasteiger partial charge on any atom is 0.313 e. The van der Waals surface area contributed by atoms with Gasteiger partial charge in [0.2, 0.25) is 0 Å². The van der Waals surface area contributed by atoms with Crippen molar-refractivity contribution in [3.05, 3.63) is 29.3 Å². The number of halogens is 1. The zero-order valence-corrected chi connectivity index (χ0v) is 11.4. The Kier molecular flexibility index (Phi) is 4.80. The maximum atomic E-state index is 12.0. The summed E-state index contributed by atoms with van der Waals surface area (Å²) in [6.45, 7) is 1.32. The van der Waals surface area contributed by atoms with Gasteiger partial charge in [-0.05, 0) is 25.0 Å². The minimum Gasteiger partial charge on any atom is -0.334 e. The number of amides is 2. The monoisotopic (exact) mass is 280 g/mol. The van der Waals surface area contributed by atoms with E-state index in [1.807, 2.05) is 0 Å². The predicted molar refractivity (Wildman–Crippen MR) is 75.1 cm³/mol. The standard InChI is InChI=1S/C14H17ClN2O2/c15-11-7-3-4-8-12(11)16-13(18)14(19)17-9-5-1-2-6-10-17/h3-4,7-8H,1-2,5-6,9-10H2,(H,16,18). The molecule has 5 heteroatoms. The van der Waals surface area contributed by atoms with E-state index in [0.29, 0.717) is 23.8 Å². The van der Waals surface area contributed by atoms with Gasteiger partial charge >= 0.3 is 11.8 Å². The van der Waals surface area contributed by atoms with Gasteiger partial charge in [-0.2, -0.15) is 0 Å². The summed E-state index contributed by atoms with van der Waals surface area (Å²) in [6.07, 6.45) is 4.17. The molecule has 1 saturated heterocycles. The SMILES string of the molecule is O=C(Nc1ccccc1Cl)C(=O)N1CCCCCC1. The minimum absolute atomic E-state index is 0.430. The largest absolute Gasteiger partial charge is 0.334 e. The number of nitrogens with one attached hydrogen (secondary N) is 1. The van der Waals surface area contributed by atoms with Crippen LogP contribution in [-0.4, -0.2) is 29.8 Å². The van der Waals surface area contributed by atoms with Crippen molar-refractivity contribution in [3.8, 4) is 0 Å². The van der Waals surface area contributed by atoms with Gasteiger partial charge < -0.3 is 10.2 Å². The molecule has 0 atom stereocenters. The van der Waals surface area contributed by atoms with E-state index in [1.54, 1.807) is 29.2 Å². The molecule has 2 rings (SSSR count). The Morgan fingerprint density at radius 3 is 2.32 bits per heavy atom. The Morgan fingerprint density at radius 2 is 1.68 bits per heavy atom. The lowest BCUT2D eigenvalue weighted by atomic mass is 10.2. The fourth-order valence-electron chi connectivity index (χ4n) is 2.16. The molecule has 0 aromatic heterocycles. The summed E-state index contributed by atoms with van der Waals surface area (Å²) in [4.78, 5) is 25.6. The van der Waals surface area contributed by atoms with Crippen LogP contribution >= 0.6 is 11.6 Å². The van der Waals surface area contributed by atoms with E-state index in [2.05, 4.69) is 5.32 Å². The van der Waals surface area contributed by atoms with E-state index in [4.69, 9.17) is 11.6 Å². The summed E-state index contributed by atoms with van der Waals surface area (Å²) in [7, 11) is 0. The Hall–Kier alpha value is -1.55. The van der Waals surface area contributed by atoms with Gasteiger partial charge in [-0.3, -0.25) is 9.59 Å². The Balaban J connectivity index is 1.99. The van der Waals surface area contributed by atoms with E-state index in [-0.39, 0.29) is 0 Å². The summed E-state index contributed by atoms with van der Waals surface area (Å²) in [6, 6.07) is 6.88. The average molecular weight is 281 g/mol. The quantitative estimate of drug-likeness (QED) is 0.804. The van der Waals surface area contributed by atoms with Gasteiger partial charge in [-0.1, -0.05) is 36.6 Å². The van der Waals surface area contributed by atoms with Gasteiger partial charge in [-0.25, -0.2) is 0 Å². The molecule has 0 bridgehead atoms. The van der Waals surface area contributed by atoms with Crippen LogP contribution in [0.2, 0.25) is 5.02 Å². The number of anilines is 1. The number of nitrogens with zero attached hydrogens (tertiary/aromatic N) is 1. The Labute approximate surface area is 117 Å². The topological polar surface area (TPSA) is 49.4 Å².